The van der Waals surface area contributed by atoms with Crippen LogP contribution in [0.1, 0.15) is 37.3 Å². The van der Waals surface area contributed by atoms with E-state index in [1.54, 1.807) is 6.92 Å². The van der Waals surface area contributed by atoms with Gasteiger partial charge in [-0.1, -0.05) is 55.5 Å². The minimum atomic E-state index is -1.33. The average molecular weight is 339 g/mol. The molecule has 3 rings (SSSR count). The molecule has 130 valence electrons. The Kier molecular flexibility index (Phi) is 4.49. The van der Waals surface area contributed by atoms with Crippen LogP contribution >= 0.6 is 0 Å². The van der Waals surface area contributed by atoms with E-state index in [0.717, 1.165) is 22.3 Å². The monoisotopic (exact) mass is 339 g/mol. The van der Waals surface area contributed by atoms with Crippen molar-refractivity contribution in [3.63, 3.8) is 0 Å². The summed E-state index contributed by atoms with van der Waals surface area (Å²) in [6.45, 7) is 3.34. The zero-order valence-electron chi connectivity index (χ0n) is 14.3. The molecule has 5 heteroatoms. The van der Waals surface area contributed by atoms with Crippen LogP contribution in [0.15, 0.2) is 48.5 Å². The molecule has 2 aromatic carbocycles. The van der Waals surface area contributed by atoms with Crippen molar-refractivity contribution >= 4 is 12.1 Å². The lowest BCUT2D eigenvalue weighted by atomic mass is 9.98. The maximum atomic E-state index is 12.1. The van der Waals surface area contributed by atoms with E-state index in [2.05, 4.69) is 17.4 Å². The normalized spacial score (nSPS) is 15.0. The molecular formula is C20H21NO4. The summed E-state index contributed by atoms with van der Waals surface area (Å²) in [5, 5.41) is 11.7. The van der Waals surface area contributed by atoms with Gasteiger partial charge in [0, 0.05) is 5.92 Å². The summed E-state index contributed by atoms with van der Waals surface area (Å²) in [4.78, 5) is 23.4. The molecule has 1 amide bonds. The van der Waals surface area contributed by atoms with Gasteiger partial charge >= 0.3 is 12.1 Å². The van der Waals surface area contributed by atoms with E-state index in [4.69, 9.17) is 4.74 Å². The van der Waals surface area contributed by atoms with Crippen LogP contribution in [0.5, 0.6) is 0 Å². The third-order valence-electron chi connectivity index (χ3n) is 4.90. The number of alkyl carbamates (subject to hydrolysis) is 1. The third-order valence-corrected chi connectivity index (χ3v) is 4.90. The first-order chi connectivity index (χ1) is 12.0. The van der Waals surface area contributed by atoms with Gasteiger partial charge < -0.3 is 15.2 Å². The van der Waals surface area contributed by atoms with Gasteiger partial charge in [0.15, 0.2) is 0 Å². The lowest BCUT2D eigenvalue weighted by Crippen LogP contribution is -2.52. The second-order valence-electron chi connectivity index (χ2n) is 6.44. The fraction of sp³-hybridized carbons (Fsp3) is 0.300. The number of carboxylic acid groups (broad SMARTS) is 1. The van der Waals surface area contributed by atoms with E-state index in [1.165, 1.54) is 6.92 Å². The summed E-state index contributed by atoms with van der Waals surface area (Å²) in [7, 11) is 0. The molecular weight excluding hydrogens is 318 g/mol. The van der Waals surface area contributed by atoms with Gasteiger partial charge in [-0.05, 0) is 35.6 Å². The van der Waals surface area contributed by atoms with Crippen molar-refractivity contribution in [2.24, 2.45) is 0 Å². The Morgan fingerprint density at radius 1 is 1.08 bits per heavy atom. The molecule has 0 spiro atoms. The molecule has 2 N–H and O–H groups in total. The van der Waals surface area contributed by atoms with Crippen molar-refractivity contribution in [3.05, 3.63) is 59.7 Å². The summed E-state index contributed by atoms with van der Waals surface area (Å²) >= 11 is 0. The molecule has 0 heterocycles. The van der Waals surface area contributed by atoms with Gasteiger partial charge in [-0.2, -0.15) is 0 Å². The first-order valence-corrected chi connectivity index (χ1v) is 8.33. The van der Waals surface area contributed by atoms with Crippen LogP contribution in [-0.2, 0) is 9.53 Å². The van der Waals surface area contributed by atoms with Gasteiger partial charge in [0.1, 0.15) is 12.1 Å². The highest BCUT2D eigenvalue weighted by Gasteiger charge is 2.34. The molecule has 0 saturated carbocycles. The van der Waals surface area contributed by atoms with Gasteiger partial charge in [-0.15, -0.1) is 0 Å². The minimum absolute atomic E-state index is 0.0455. The van der Waals surface area contributed by atoms with E-state index in [-0.39, 0.29) is 18.9 Å². The number of carbonyl (C=O) groups is 2. The van der Waals surface area contributed by atoms with E-state index in [9.17, 15) is 14.7 Å². The highest BCUT2D eigenvalue weighted by molar-refractivity contribution is 5.84. The quantitative estimate of drug-likeness (QED) is 0.869. The lowest BCUT2D eigenvalue weighted by molar-refractivity contribution is -0.144. The van der Waals surface area contributed by atoms with Gasteiger partial charge in [-0.25, -0.2) is 9.59 Å². The number of benzene rings is 2. The number of aliphatic carboxylic acids is 1. The van der Waals surface area contributed by atoms with Crippen molar-refractivity contribution in [2.75, 3.05) is 6.61 Å². The van der Waals surface area contributed by atoms with Crippen LogP contribution in [0.3, 0.4) is 0 Å². The van der Waals surface area contributed by atoms with Crippen molar-refractivity contribution < 1.29 is 19.4 Å². The Bertz CT molecular complexity index is 771. The lowest BCUT2D eigenvalue weighted by Gasteiger charge is -2.24. The number of ether oxygens (including phenoxy) is 1. The maximum absolute atomic E-state index is 12.1. The molecule has 25 heavy (non-hydrogen) atoms. The fourth-order valence-electron chi connectivity index (χ4n) is 3.15. The number of nitrogens with one attached hydrogen (secondary N) is 1. The molecule has 2 aromatic rings. The van der Waals surface area contributed by atoms with Crippen molar-refractivity contribution in [2.45, 2.75) is 31.7 Å². The number of amides is 1. The van der Waals surface area contributed by atoms with E-state index in [1.807, 2.05) is 36.4 Å². The van der Waals surface area contributed by atoms with Crippen molar-refractivity contribution in [3.8, 4) is 11.1 Å². The molecule has 1 aliphatic rings. The summed E-state index contributed by atoms with van der Waals surface area (Å²) < 4.78 is 5.37. The van der Waals surface area contributed by atoms with Crippen LogP contribution in [0.25, 0.3) is 11.1 Å². The van der Waals surface area contributed by atoms with E-state index in [0.29, 0.717) is 0 Å². The Morgan fingerprint density at radius 3 is 2.08 bits per heavy atom. The van der Waals surface area contributed by atoms with Gasteiger partial charge in [0.2, 0.25) is 0 Å². The highest BCUT2D eigenvalue weighted by atomic mass is 16.5. The number of hydrogen-bond acceptors (Lipinski definition) is 3. The summed E-state index contributed by atoms with van der Waals surface area (Å²) in [6.07, 6.45) is -0.444. The molecule has 0 saturated heterocycles. The molecule has 0 bridgehead atoms. The number of rotatable bonds is 5. The van der Waals surface area contributed by atoms with Crippen LogP contribution in [0, 0.1) is 0 Å². The minimum Gasteiger partial charge on any atom is -0.480 e. The molecule has 0 radical (unpaired) electrons. The smallest absolute Gasteiger partial charge is 0.408 e. The molecule has 5 nitrogen and oxygen atoms in total. The van der Waals surface area contributed by atoms with Crippen LogP contribution in [0.2, 0.25) is 0 Å². The molecule has 0 aliphatic heterocycles. The summed E-state index contributed by atoms with van der Waals surface area (Å²) in [5.74, 6) is -1.13. The predicted octanol–water partition coefficient (Wildman–Crippen LogP) is 3.78. The fourth-order valence-corrected chi connectivity index (χ4v) is 3.15. The number of carbonyl (C=O) groups excluding carboxylic acids is 1. The number of fused-ring (bicyclic) bond motifs is 3. The number of carboxylic acids is 1. The largest absolute Gasteiger partial charge is 0.480 e. The van der Waals surface area contributed by atoms with Crippen molar-refractivity contribution in [1.29, 1.82) is 0 Å². The molecule has 0 fully saturated rings. The van der Waals surface area contributed by atoms with Crippen LogP contribution in [-0.4, -0.2) is 29.3 Å². The SMILES string of the molecule is CC[C@@](C)(NC(=O)OCC1c2ccccc2-c2ccccc21)C(=O)O. The molecule has 1 atom stereocenters. The van der Waals surface area contributed by atoms with E-state index >= 15 is 0 Å². The predicted molar refractivity (Wildman–Crippen MR) is 94.5 cm³/mol. The van der Waals surface area contributed by atoms with Gasteiger partial charge in [0.05, 0.1) is 0 Å². The van der Waals surface area contributed by atoms with Gasteiger partial charge in [0.25, 0.3) is 0 Å². The second-order valence-corrected chi connectivity index (χ2v) is 6.44. The summed E-state index contributed by atoms with van der Waals surface area (Å²) in [6, 6.07) is 16.1. The van der Waals surface area contributed by atoms with Crippen LogP contribution in [0.4, 0.5) is 4.79 Å². The van der Waals surface area contributed by atoms with E-state index < -0.39 is 17.6 Å². The van der Waals surface area contributed by atoms with Gasteiger partial charge in [-0.3, -0.25) is 0 Å². The first kappa shape index (κ1) is 17.0. The Hall–Kier alpha value is -2.82. The summed E-state index contributed by atoms with van der Waals surface area (Å²) in [5.41, 5.74) is 3.20. The third kappa shape index (κ3) is 3.09. The second kappa shape index (κ2) is 6.59. The van der Waals surface area contributed by atoms with Crippen molar-refractivity contribution in [1.82, 2.24) is 5.32 Å². The van der Waals surface area contributed by atoms with Crippen LogP contribution < -0.4 is 5.32 Å². The highest BCUT2D eigenvalue weighted by Crippen LogP contribution is 2.44. The molecule has 0 unspecified atom stereocenters. The Morgan fingerprint density at radius 2 is 1.60 bits per heavy atom. The standard InChI is InChI=1S/C20H21NO4/c1-3-20(2,18(22)23)21-19(24)25-12-17-15-10-6-4-8-13(15)14-9-5-7-11-16(14)17/h4-11,17H,3,12H2,1-2H3,(H,21,24)(H,22,23)/t20-/m1/s1. The zero-order chi connectivity index (χ0) is 18.0. The average Bonchev–Trinajstić information content (AvgIpc) is 2.94. The first-order valence-electron chi connectivity index (χ1n) is 8.33. The molecule has 0 aromatic heterocycles. The Balaban J connectivity index is 1.76. The maximum Gasteiger partial charge on any atom is 0.408 e. The topological polar surface area (TPSA) is 75.6 Å². The zero-order valence-corrected chi connectivity index (χ0v) is 14.3. The number of hydrogen-bond donors (Lipinski definition) is 2. The molecule has 1 aliphatic carbocycles. The Labute approximate surface area is 146 Å².